The van der Waals surface area contributed by atoms with Crippen LogP contribution in [0.4, 0.5) is 0 Å². The van der Waals surface area contributed by atoms with Crippen LogP contribution in [0.2, 0.25) is 0 Å². The predicted molar refractivity (Wildman–Crippen MR) is 283 cm³/mol. The average molecular weight is 917 g/mol. The zero-order chi connectivity index (χ0) is 47.4. The van der Waals surface area contributed by atoms with E-state index in [2.05, 4.69) is 50.4 Å². The summed E-state index contributed by atoms with van der Waals surface area (Å²) in [4.78, 5) is 26.3. The molecule has 0 aromatic rings. The van der Waals surface area contributed by atoms with Crippen LogP contribution in [0.5, 0.6) is 0 Å². The molecule has 0 aliphatic carbocycles. The minimum atomic E-state index is -0.791. The third-order valence-corrected chi connectivity index (χ3v) is 13.6. The van der Waals surface area contributed by atoms with Crippen molar-refractivity contribution >= 4 is 11.9 Å². The molecule has 0 saturated heterocycles. The van der Waals surface area contributed by atoms with E-state index in [1.165, 1.54) is 205 Å². The van der Waals surface area contributed by atoms with Crippen LogP contribution in [-0.2, 0) is 14.3 Å². The van der Waals surface area contributed by atoms with E-state index in [-0.39, 0.29) is 24.9 Å². The van der Waals surface area contributed by atoms with Crippen LogP contribution >= 0.6 is 0 Å². The molecule has 0 aliphatic heterocycles. The third kappa shape index (κ3) is 48.6. The summed E-state index contributed by atoms with van der Waals surface area (Å²) in [5.41, 5.74) is 0. The first-order chi connectivity index (χ1) is 32.0. The van der Waals surface area contributed by atoms with E-state index in [9.17, 15) is 19.8 Å². The summed E-state index contributed by atoms with van der Waals surface area (Å²) in [6.45, 7) is 6.51. The van der Waals surface area contributed by atoms with Crippen LogP contribution in [0.3, 0.4) is 0 Å². The zero-order valence-electron chi connectivity index (χ0n) is 43.9. The molecular formula is C59H113NO5. The van der Waals surface area contributed by atoms with Crippen LogP contribution in [0.1, 0.15) is 316 Å². The summed E-state index contributed by atoms with van der Waals surface area (Å²) in [7, 11) is 0. The third-order valence-electron chi connectivity index (χ3n) is 13.6. The van der Waals surface area contributed by atoms with E-state index in [1.54, 1.807) is 0 Å². The fraction of sp³-hybridized carbons (Fsp3) is 0.898. The number of aliphatic hydroxyl groups excluding tert-OH is 2. The Bertz CT molecular complexity index is 1030. The van der Waals surface area contributed by atoms with Crippen LogP contribution in [0, 0.1) is 0 Å². The van der Waals surface area contributed by atoms with Crippen molar-refractivity contribution < 1.29 is 24.5 Å². The van der Waals surface area contributed by atoms with Crippen molar-refractivity contribution in [1.29, 1.82) is 0 Å². The lowest BCUT2D eigenvalue weighted by molar-refractivity contribution is -0.151. The Morgan fingerprint density at radius 2 is 0.769 bits per heavy atom. The number of esters is 1. The van der Waals surface area contributed by atoms with Gasteiger partial charge in [-0.05, 0) is 51.4 Å². The van der Waals surface area contributed by atoms with Gasteiger partial charge < -0.3 is 20.3 Å². The SMILES string of the molecule is CCCCCCCCC/C=C/C=C/CCCCCC(CC(=O)NC(CO)C(O)CCCCCCCCCCCCCCCCC)OC(=O)CCCCCCCCCCCCCCCCC. The number of nitrogens with one attached hydrogen (secondary N) is 1. The van der Waals surface area contributed by atoms with Gasteiger partial charge in [-0.2, -0.15) is 0 Å². The standard InChI is InChI=1S/C59H113NO5/c1-4-7-10-13-16-19-22-25-28-31-32-35-38-41-44-47-50-55(65-59(64)52-49-46-43-40-37-34-30-27-24-21-18-15-12-9-6-3)53-58(63)60-56(54-61)57(62)51-48-45-42-39-36-33-29-26-23-20-17-14-11-8-5-2/h28,31-32,35,55-57,61-62H,4-27,29-30,33-34,36-54H2,1-3H3,(H,60,63)/b31-28+,35-32+. The second-order valence-electron chi connectivity index (χ2n) is 20.1. The highest BCUT2D eigenvalue weighted by Crippen LogP contribution is 2.19. The van der Waals surface area contributed by atoms with Crippen molar-refractivity contribution in [2.45, 2.75) is 334 Å². The van der Waals surface area contributed by atoms with Crippen molar-refractivity contribution in [1.82, 2.24) is 5.32 Å². The van der Waals surface area contributed by atoms with Crippen molar-refractivity contribution in [2.24, 2.45) is 0 Å². The Balaban J connectivity index is 4.57. The number of aliphatic hydroxyl groups is 2. The first-order valence-electron chi connectivity index (χ1n) is 29.1. The van der Waals surface area contributed by atoms with E-state index in [0.29, 0.717) is 19.3 Å². The number of rotatable bonds is 53. The van der Waals surface area contributed by atoms with Gasteiger partial charge in [0.15, 0.2) is 0 Å². The van der Waals surface area contributed by atoms with E-state index in [0.717, 1.165) is 64.2 Å². The van der Waals surface area contributed by atoms with Gasteiger partial charge in [0.1, 0.15) is 6.10 Å². The van der Waals surface area contributed by atoms with Crippen molar-refractivity contribution in [3.05, 3.63) is 24.3 Å². The molecular weight excluding hydrogens is 803 g/mol. The van der Waals surface area contributed by atoms with Gasteiger partial charge in [0.2, 0.25) is 5.91 Å². The maximum Gasteiger partial charge on any atom is 0.306 e. The molecule has 65 heavy (non-hydrogen) atoms. The zero-order valence-corrected chi connectivity index (χ0v) is 43.9. The number of allylic oxidation sites excluding steroid dienone is 4. The molecule has 0 bridgehead atoms. The largest absolute Gasteiger partial charge is 0.462 e. The van der Waals surface area contributed by atoms with Crippen LogP contribution in [0.25, 0.3) is 0 Å². The Morgan fingerprint density at radius 1 is 0.446 bits per heavy atom. The van der Waals surface area contributed by atoms with E-state index in [1.807, 2.05) is 0 Å². The van der Waals surface area contributed by atoms with E-state index < -0.39 is 18.2 Å². The number of carbonyl (C=O) groups excluding carboxylic acids is 2. The maximum absolute atomic E-state index is 13.3. The molecule has 3 atom stereocenters. The molecule has 3 N–H and O–H groups in total. The Labute approximate surface area is 405 Å². The molecule has 1 amide bonds. The number of amides is 1. The van der Waals surface area contributed by atoms with Gasteiger partial charge in [-0.15, -0.1) is 0 Å². The molecule has 0 heterocycles. The van der Waals surface area contributed by atoms with Gasteiger partial charge in [0.05, 0.1) is 25.2 Å². The monoisotopic (exact) mass is 916 g/mol. The molecule has 0 aliphatic rings. The highest BCUT2D eigenvalue weighted by molar-refractivity contribution is 5.77. The fourth-order valence-corrected chi connectivity index (χ4v) is 9.13. The summed E-state index contributed by atoms with van der Waals surface area (Å²) in [5.74, 6) is -0.480. The average Bonchev–Trinajstić information content (AvgIpc) is 3.30. The molecule has 6 heteroatoms. The lowest BCUT2D eigenvalue weighted by Gasteiger charge is -2.24. The molecule has 0 radical (unpaired) electrons. The number of hydrogen-bond donors (Lipinski definition) is 3. The maximum atomic E-state index is 13.3. The molecule has 6 nitrogen and oxygen atoms in total. The molecule has 3 unspecified atom stereocenters. The molecule has 0 aromatic carbocycles. The van der Waals surface area contributed by atoms with Gasteiger partial charge in [-0.25, -0.2) is 0 Å². The lowest BCUT2D eigenvalue weighted by Crippen LogP contribution is -2.46. The molecule has 0 fully saturated rings. The van der Waals surface area contributed by atoms with Crippen molar-refractivity contribution in [2.75, 3.05) is 6.61 Å². The second kappa shape index (κ2) is 53.3. The molecule has 0 rings (SSSR count). The Morgan fingerprint density at radius 3 is 1.15 bits per heavy atom. The quantitative estimate of drug-likeness (QED) is 0.0321. The smallest absolute Gasteiger partial charge is 0.306 e. The molecule has 0 saturated carbocycles. The number of unbranched alkanes of at least 4 members (excludes halogenated alkanes) is 38. The molecule has 384 valence electrons. The van der Waals surface area contributed by atoms with Crippen LogP contribution in [-0.4, -0.2) is 46.9 Å². The summed E-state index contributed by atoms with van der Waals surface area (Å²) >= 11 is 0. The fourth-order valence-electron chi connectivity index (χ4n) is 9.13. The van der Waals surface area contributed by atoms with Gasteiger partial charge in [0.25, 0.3) is 0 Å². The topological polar surface area (TPSA) is 95.9 Å². The normalized spacial score (nSPS) is 13.2. The van der Waals surface area contributed by atoms with Gasteiger partial charge in [-0.1, -0.05) is 276 Å². The molecule has 0 spiro atoms. The van der Waals surface area contributed by atoms with Gasteiger partial charge in [0, 0.05) is 6.42 Å². The first kappa shape index (κ1) is 63.3. The minimum absolute atomic E-state index is 0.0657. The summed E-state index contributed by atoms with van der Waals surface area (Å²) in [6, 6.07) is -0.706. The van der Waals surface area contributed by atoms with Crippen molar-refractivity contribution in [3.8, 4) is 0 Å². The first-order valence-corrected chi connectivity index (χ1v) is 29.1. The van der Waals surface area contributed by atoms with Crippen LogP contribution in [0.15, 0.2) is 24.3 Å². The van der Waals surface area contributed by atoms with Crippen LogP contribution < -0.4 is 5.32 Å². The second-order valence-corrected chi connectivity index (χ2v) is 20.1. The highest BCUT2D eigenvalue weighted by Gasteiger charge is 2.24. The van der Waals surface area contributed by atoms with Gasteiger partial charge in [-0.3, -0.25) is 9.59 Å². The lowest BCUT2D eigenvalue weighted by atomic mass is 10.0. The highest BCUT2D eigenvalue weighted by atomic mass is 16.5. The Kier molecular flexibility index (Phi) is 51.9. The van der Waals surface area contributed by atoms with Crippen molar-refractivity contribution in [3.63, 3.8) is 0 Å². The number of ether oxygens (including phenoxy) is 1. The summed E-state index contributed by atoms with van der Waals surface area (Å²) < 4.78 is 5.95. The predicted octanol–water partition coefficient (Wildman–Crippen LogP) is 17.9. The Hall–Kier alpha value is -1.66. The van der Waals surface area contributed by atoms with Gasteiger partial charge >= 0.3 is 5.97 Å². The van der Waals surface area contributed by atoms with E-state index >= 15 is 0 Å². The van der Waals surface area contributed by atoms with E-state index in [4.69, 9.17) is 4.74 Å². The molecule has 0 aromatic heterocycles. The summed E-state index contributed by atoms with van der Waals surface area (Å²) in [5, 5.41) is 23.9. The number of hydrogen-bond acceptors (Lipinski definition) is 5. The summed E-state index contributed by atoms with van der Waals surface area (Å²) in [6.07, 6.45) is 62.4. The number of carbonyl (C=O) groups is 2. The minimum Gasteiger partial charge on any atom is -0.462 e.